The molecule has 1 heterocycles. The van der Waals surface area contributed by atoms with Crippen molar-refractivity contribution in [3.05, 3.63) is 71.8 Å². The zero-order valence-electron chi connectivity index (χ0n) is 11.2. The van der Waals surface area contributed by atoms with Crippen molar-refractivity contribution in [1.29, 1.82) is 0 Å². The average Bonchev–Trinajstić information content (AvgIpc) is 2.88. The molecule has 0 aliphatic carbocycles. The van der Waals surface area contributed by atoms with Crippen LogP contribution in [-0.2, 0) is 19.9 Å². The van der Waals surface area contributed by atoms with Crippen LogP contribution >= 0.6 is 11.6 Å². The topological polar surface area (TPSA) is 43.4 Å². The number of hydrogen-bond donors (Lipinski definition) is 0. The van der Waals surface area contributed by atoms with E-state index in [0.717, 1.165) is 11.1 Å². The summed E-state index contributed by atoms with van der Waals surface area (Å²) in [7, 11) is 0. The van der Waals surface area contributed by atoms with E-state index in [9.17, 15) is 9.59 Å². The lowest BCUT2D eigenvalue weighted by molar-refractivity contribution is -0.147. The van der Waals surface area contributed by atoms with Gasteiger partial charge in [-0.3, -0.25) is 9.59 Å². The molecule has 0 aromatic heterocycles. The fourth-order valence-electron chi connectivity index (χ4n) is 2.90. The molecule has 0 amide bonds. The molecule has 4 heteroatoms. The maximum absolute atomic E-state index is 11.9. The molecule has 1 atom stereocenters. The number of rotatable bonds is 3. The van der Waals surface area contributed by atoms with Crippen molar-refractivity contribution in [2.24, 2.45) is 5.92 Å². The van der Waals surface area contributed by atoms with Gasteiger partial charge in [0, 0.05) is 11.1 Å². The third-order valence-electron chi connectivity index (χ3n) is 3.82. The maximum Gasteiger partial charge on any atom is 0.308 e. The van der Waals surface area contributed by atoms with E-state index in [4.69, 9.17) is 16.3 Å². The van der Waals surface area contributed by atoms with Crippen molar-refractivity contribution in [2.45, 2.75) is 12.0 Å². The van der Waals surface area contributed by atoms with Gasteiger partial charge in [0.05, 0.1) is 12.3 Å². The molecule has 0 bridgehead atoms. The van der Waals surface area contributed by atoms with Gasteiger partial charge in [-0.1, -0.05) is 60.7 Å². The van der Waals surface area contributed by atoms with Crippen LogP contribution in [0.3, 0.4) is 0 Å². The van der Waals surface area contributed by atoms with E-state index in [1.54, 1.807) is 0 Å². The molecule has 1 aliphatic heterocycles. The largest absolute Gasteiger partial charge is 0.448 e. The molecule has 1 fully saturated rings. The van der Waals surface area contributed by atoms with Crippen LogP contribution in [-0.4, -0.2) is 11.2 Å². The Bertz CT molecular complexity index is 627. The Balaban J connectivity index is 2.25. The zero-order chi connectivity index (χ0) is 14.9. The molecule has 3 nitrogen and oxygen atoms in total. The van der Waals surface area contributed by atoms with E-state index in [0.29, 0.717) is 0 Å². The van der Waals surface area contributed by atoms with E-state index < -0.39 is 22.7 Å². The Hall–Kier alpha value is -2.13. The molecule has 0 saturated carbocycles. The number of benzene rings is 2. The van der Waals surface area contributed by atoms with E-state index in [1.807, 2.05) is 60.7 Å². The zero-order valence-corrected chi connectivity index (χ0v) is 11.9. The second kappa shape index (κ2) is 5.34. The predicted molar refractivity (Wildman–Crippen MR) is 78.7 cm³/mol. The SMILES string of the molecule is O=C1CC(C(=O)Cl)C(c2ccccc2)(c2ccccc2)O1. The Morgan fingerprint density at radius 2 is 1.48 bits per heavy atom. The number of carbonyl (C=O) groups excluding carboxylic acids is 2. The molecule has 1 saturated heterocycles. The number of halogens is 1. The first-order valence-electron chi connectivity index (χ1n) is 6.67. The third-order valence-corrected chi connectivity index (χ3v) is 4.08. The molecule has 0 N–H and O–H groups in total. The van der Waals surface area contributed by atoms with Gasteiger partial charge < -0.3 is 4.74 Å². The first kappa shape index (κ1) is 13.8. The lowest BCUT2D eigenvalue weighted by Crippen LogP contribution is -2.37. The number of cyclic esters (lactones) is 1. The Labute approximate surface area is 127 Å². The Morgan fingerprint density at radius 3 is 1.90 bits per heavy atom. The molecule has 106 valence electrons. The summed E-state index contributed by atoms with van der Waals surface area (Å²) in [5.74, 6) is -1.14. The molecule has 1 unspecified atom stereocenters. The standard InChI is InChI=1S/C17H13ClO3/c18-16(20)14-11-15(19)21-17(14,12-7-3-1-4-8-12)13-9-5-2-6-10-13/h1-10,14H,11H2. The van der Waals surface area contributed by atoms with Gasteiger partial charge in [-0.2, -0.15) is 0 Å². The molecule has 1 aliphatic rings. The lowest BCUT2D eigenvalue weighted by atomic mass is 9.77. The van der Waals surface area contributed by atoms with Gasteiger partial charge in [0.15, 0.2) is 5.60 Å². The second-order valence-corrected chi connectivity index (χ2v) is 5.38. The molecule has 0 spiro atoms. The van der Waals surface area contributed by atoms with Gasteiger partial charge in [0.1, 0.15) is 0 Å². The summed E-state index contributed by atoms with van der Waals surface area (Å²) < 4.78 is 5.65. The Kier molecular flexibility index (Phi) is 3.52. The molecule has 2 aromatic carbocycles. The van der Waals surface area contributed by atoms with Crippen LogP contribution in [0.15, 0.2) is 60.7 Å². The summed E-state index contributed by atoms with van der Waals surface area (Å²) in [6.07, 6.45) is -0.00782. The van der Waals surface area contributed by atoms with E-state index in [2.05, 4.69) is 0 Å². The normalized spacial score (nSPS) is 20.0. The quantitative estimate of drug-likeness (QED) is 0.645. The van der Waals surface area contributed by atoms with Crippen LogP contribution in [0.1, 0.15) is 17.5 Å². The van der Waals surface area contributed by atoms with E-state index in [-0.39, 0.29) is 6.42 Å². The number of esters is 1. The van der Waals surface area contributed by atoms with Crippen LogP contribution < -0.4 is 0 Å². The van der Waals surface area contributed by atoms with Crippen LogP contribution in [0.4, 0.5) is 0 Å². The van der Waals surface area contributed by atoms with Gasteiger partial charge >= 0.3 is 5.97 Å². The minimum atomic E-state index is -1.14. The van der Waals surface area contributed by atoms with Crippen molar-refractivity contribution >= 4 is 22.8 Å². The number of ether oxygens (including phenoxy) is 1. The maximum atomic E-state index is 11.9. The summed E-state index contributed by atoms with van der Waals surface area (Å²) in [4.78, 5) is 23.8. The predicted octanol–water partition coefficient (Wildman–Crippen LogP) is 3.26. The molecule has 2 aromatic rings. The summed E-state index contributed by atoms with van der Waals surface area (Å²) >= 11 is 5.76. The highest BCUT2D eigenvalue weighted by Crippen LogP contribution is 2.47. The van der Waals surface area contributed by atoms with Crippen molar-refractivity contribution in [1.82, 2.24) is 0 Å². The summed E-state index contributed by atoms with van der Waals surface area (Å²) in [6, 6.07) is 18.5. The fraction of sp³-hybridized carbons (Fsp3) is 0.176. The molecule has 0 radical (unpaired) electrons. The summed E-state index contributed by atoms with van der Waals surface area (Å²) in [5.41, 5.74) is 0.362. The van der Waals surface area contributed by atoms with Crippen LogP contribution in [0.2, 0.25) is 0 Å². The highest BCUT2D eigenvalue weighted by molar-refractivity contribution is 6.64. The van der Waals surface area contributed by atoms with Crippen molar-refractivity contribution < 1.29 is 14.3 Å². The van der Waals surface area contributed by atoms with Crippen molar-refractivity contribution in [2.75, 3.05) is 0 Å². The first-order valence-corrected chi connectivity index (χ1v) is 7.04. The molecule has 3 rings (SSSR count). The van der Waals surface area contributed by atoms with Gasteiger partial charge in [-0.05, 0) is 11.6 Å². The first-order chi connectivity index (χ1) is 10.1. The Morgan fingerprint density at radius 1 is 1.00 bits per heavy atom. The van der Waals surface area contributed by atoms with Crippen molar-refractivity contribution in [3.63, 3.8) is 0 Å². The van der Waals surface area contributed by atoms with Crippen LogP contribution in [0, 0.1) is 5.92 Å². The van der Waals surface area contributed by atoms with Gasteiger partial charge in [0.25, 0.3) is 0 Å². The molecular formula is C17H13ClO3. The number of carbonyl (C=O) groups is 2. The summed E-state index contributed by atoms with van der Waals surface area (Å²) in [5, 5.41) is -0.562. The van der Waals surface area contributed by atoms with Gasteiger partial charge in [-0.15, -0.1) is 0 Å². The lowest BCUT2D eigenvalue weighted by Gasteiger charge is -2.32. The fourth-order valence-corrected chi connectivity index (χ4v) is 3.13. The molecular weight excluding hydrogens is 288 g/mol. The van der Waals surface area contributed by atoms with Crippen LogP contribution in [0.5, 0.6) is 0 Å². The number of hydrogen-bond acceptors (Lipinski definition) is 3. The summed E-state index contributed by atoms with van der Waals surface area (Å²) in [6.45, 7) is 0. The van der Waals surface area contributed by atoms with Gasteiger partial charge in [-0.25, -0.2) is 0 Å². The minimum absolute atomic E-state index is 0.00782. The average molecular weight is 301 g/mol. The van der Waals surface area contributed by atoms with Gasteiger partial charge in [0.2, 0.25) is 5.24 Å². The smallest absolute Gasteiger partial charge is 0.308 e. The highest BCUT2D eigenvalue weighted by atomic mass is 35.5. The second-order valence-electron chi connectivity index (χ2n) is 5.00. The molecule has 21 heavy (non-hydrogen) atoms. The van der Waals surface area contributed by atoms with Crippen molar-refractivity contribution in [3.8, 4) is 0 Å². The van der Waals surface area contributed by atoms with E-state index in [1.165, 1.54) is 0 Å². The van der Waals surface area contributed by atoms with E-state index >= 15 is 0 Å². The van der Waals surface area contributed by atoms with Crippen LogP contribution in [0.25, 0.3) is 0 Å². The third kappa shape index (κ3) is 2.24. The monoisotopic (exact) mass is 300 g/mol. The minimum Gasteiger partial charge on any atom is -0.448 e. The highest BCUT2D eigenvalue weighted by Gasteiger charge is 2.54.